The molecule has 2 N–H and O–H groups in total. The van der Waals surface area contributed by atoms with Crippen molar-refractivity contribution in [3.05, 3.63) is 59.7 Å². The molecule has 2 amide bonds. The molecule has 7 heteroatoms. The number of carbonyl (C=O) groups is 3. The van der Waals surface area contributed by atoms with Crippen molar-refractivity contribution >= 4 is 18.0 Å². The number of hydrogen-bond donors (Lipinski definition) is 2. The second-order valence-corrected chi connectivity index (χ2v) is 9.31. The first-order valence-electron chi connectivity index (χ1n) is 11.8. The predicted molar refractivity (Wildman–Crippen MR) is 131 cm³/mol. The van der Waals surface area contributed by atoms with Crippen LogP contribution in [0.2, 0.25) is 0 Å². The number of carboxylic acid groups (broad SMARTS) is 1. The van der Waals surface area contributed by atoms with E-state index < -0.39 is 17.6 Å². The van der Waals surface area contributed by atoms with E-state index in [9.17, 15) is 14.4 Å². The molecule has 182 valence electrons. The standard InChI is InChI=1S/C27H34N2O5/c1-4-29(17-9-14-25(31)32)24(30)15-16-27(2,3)28-26(33)34-18-23-21-12-7-5-10-19(21)20-11-6-8-13-22(20)23/h5-8,10-13,23H,4,9,14-18H2,1-3H3,(H,28,33)(H,31,32). The van der Waals surface area contributed by atoms with Gasteiger partial charge in [-0.15, -0.1) is 0 Å². The number of ether oxygens (including phenoxy) is 1. The summed E-state index contributed by atoms with van der Waals surface area (Å²) in [5.74, 6) is -0.918. The van der Waals surface area contributed by atoms with E-state index in [-0.39, 0.29) is 31.3 Å². The number of hydrogen-bond acceptors (Lipinski definition) is 4. The Bertz CT molecular complexity index is 988. The fourth-order valence-corrected chi connectivity index (χ4v) is 4.43. The minimum absolute atomic E-state index is 0.00763. The average molecular weight is 467 g/mol. The van der Waals surface area contributed by atoms with Crippen molar-refractivity contribution in [2.45, 2.75) is 57.9 Å². The zero-order valence-electron chi connectivity index (χ0n) is 20.2. The second-order valence-electron chi connectivity index (χ2n) is 9.31. The number of carboxylic acids is 1. The maximum absolute atomic E-state index is 12.6. The highest BCUT2D eigenvalue weighted by molar-refractivity contribution is 5.79. The number of fused-ring (bicyclic) bond motifs is 3. The van der Waals surface area contributed by atoms with Crippen LogP contribution >= 0.6 is 0 Å². The van der Waals surface area contributed by atoms with Crippen LogP contribution < -0.4 is 5.32 Å². The molecule has 0 saturated heterocycles. The third-order valence-corrected chi connectivity index (χ3v) is 6.30. The second kappa shape index (κ2) is 11.2. The van der Waals surface area contributed by atoms with Crippen molar-refractivity contribution in [2.75, 3.05) is 19.7 Å². The Morgan fingerprint density at radius 2 is 1.59 bits per heavy atom. The molecule has 0 radical (unpaired) electrons. The molecule has 0 aromatic heterocycles. The number of amides is 2. The zero-order valence-corrected chi connectivity index (χ0v) is 20.2. The van der Waals surface area contributed by atoms with E-state index in [1.807, 2.05) is 45.0 Å². The highest BCUT2D eigenvalue weighted by Crippen LogP contribution is 2.44. The van der Waals surface area contributed by atoms with Gasteiger partial charge in [-0.1, -0.05) is 48.5 Å². The zero-order chi connectivity index (χ0) is 24.7. The highest BCUT2D eigenvalue weighted by Gasteiger charge is 2.30. The van der Waals surface area contributed by atoms with Gasteiger partial charge in [-0.25, -0.2) is 4.79 Å². The number of nitrogens with zero attached hydrogens (tertiary/aromatic N) is 1. The summed E-state index contributed by atoms with van der Waals surface area (Å²) in [7, 11) is 0. The summed E-state index contributed by atoms with van der Waals surface area (Å²) in [6.07, 6.45) is 0.672. The lowest BCUT2D eigenvalue weighted by Gasteiger charge is -2.28. The van der Waals surface area contributed by atoms with Gasteiger partial charge in [-0.05, 0) is 55.9 Å². The van der Waals surface area contributed by atoms with Crippen LogP contribution in [-0.2, 0) is 14.3 Å². The van der Waals surface area contributed by atoms with Gasteiger partial charge >= 0.3 is 12.1 Å². The summed E-state index contributed by atoms with van der Waals surface area (Å²) >= 11 is 0. The van der Waals surface area contributed by atoms with Crippen LogP contribution in [0.4, 0.5) is 4.79 Å². The Morgan fingerprint density at radius 1 is 1.00 bits per heavy atom. The smallest absolute Gasteiger partial charge is 0.407 e. The molecule has 0 unspecified atom stereocenters. The Labute approximate surface area is 201 Å². The molecule has 0 atom stereocenters. The molecule has 7 nitrogen and oxygen atoms in total. The molecule has 34 heavy (non-hydrogen) atoms. The van der Waals surface area contributed by atoms with Gasteiger partial charge in [-0.3, -0.25) is 9.59 Å². The summed E-state index contributed by atoms with van der Waals surface area (Å²) < 4.78 is 5.63. The number of aliphatic carboxylic acids is 1. The number of nitrogens with one attached hydrogen (secondary N) is 1. The average Bonchev–Trinajstić information content (AvgIpc) is 3.12. The Balaban J connectivity index is 1.51. The summed E-state index contributed by atoms with van der Waals surface area (Å²) in [5, 5.41) is 11.7. The maximum Gasteiger partial charge on any atom is 0.407 e. The van der Waals surface area contributed by atoms with Crippen LogP contribution in [0.5, 0.6) is 0 Å². The highest BCUT2D eigenvalue weighted by atomic mass is 16.5. The molecule has 0 aliphatic heterocycles. The topological polar surface area (TPSA) is 95.9 Å². The third-order valence-electron chi connectivity index (χ3n) is 6.30. The van der Waals surface area contributed by atoms with E-state index in [0.717, 1.165) is 11.1 Å². The Kier molecular flexibility index (Phi) is 8.31. The van der Waals surface area contributed by atoms with Crippen molar-refractivity contribution < 1.29 is 24.2 Å². The van der Waals surface area contributed by atoms with Crippen LogP contribution in [0.3, 0.4) is 0 Å². The summed E-state index contributed by atoms with van der Waals surface area (Å²) in [5.41, 5.74) is 4.04. The first-order chi connectivity index (χ1) is 16.2. The lowest BCUT2D eigenvalue weighted by atomic mass is 9.97. The van der Waals surface area contributed by atoms with Crippen molar-refractivity contribution in [3.8, 4) is 11.1 Å². The van der Waals surface area contributed by atoms with Crippen LogP contribution in [0.1, 0.15) is 63.5 Å². The van der Waals surface area contributed by atoms with Crippen LogP contribution in [0, 0.1) is 0 Å². The molecule has 2 aromatic carbocycles. The number of benzene rings is 2. The fraction of sp³-hybridized carbons (Fsp3) is 0.444. The molecule has 1 aliphatic carbocycles. The number of rotatable bonds is 11. The molecular formula is C27H34N2O5. The molecule has 0 saturated carbocycles. The van der Waals surface area contributed by atoms with E-state index in [2.05, 4.69) is 29.6 Å². The minimum Gasteiger partial charge on any atom is -0.481 e. The quantitative estimate of drug-likeness (QED) is 0.496. The van der Waals surface area contributed by atoms with Crippen molar-refractivity contribution in [3.63, 3.8) is 0 Å². The molecular weight excluding hydrogens is 432 g/mol. The summed E-state index contributed by atoms with van der Waals surface area (Å²) in [6.45, 7) is 6.78. The van der Waals surface area contributed by atoms with Gasteiger partial charge in [0.1, 0.15) is 6.61 Å². The molecule has 0 fully saturated rings. The van der Waals surface area contributed by atoms with Crippen LogP contribution in [0.25, 0.3) is 11.1 Å². The van der Waals surface area contributed by atoms with E-state index >= 15 is 0 Å². The van der Waals surface area contributed by atoms with E-state index in [1.54, 1.807) is 4.90 Å². The Hall–Kier alpha value is -3.35. The Morgan fingerprint density at radius 3 is 2.15 bits per heavy atom. The van der Waals surface area contributed by atoms with Gasteiger partial charge in [0.05, 0.1) is 0 Å². The summed E-state index contributed by atoms with van der Waals surface area (Å²) in [6, 6.07) is 16.4. The van der Waals surface area contributed by atoms with Gasteiger partial charge < -0.3 is 20.1 Å². The van der Waals surface area contributed by atoms with Gasteiger partial charge in [0, 0.05) is 37.4 Å². The molecule has 0 spiro atoms. The molecule has 0 bridgehead atoms. The van der Waals surface area contributed by atoms with Crippen molar-refractivity contribution in [2.24, 2.45) is 0 Å². The molecule has 1 aliphatic rings. The third kappa shape index (κ3) is 6.37. The fourth-order valence-electron chi connectivity index (χ4n) is 4.43. The normalized spacial score (nSPS) is 12.6. The lowest BCUT2D eigenvalue weighted by molar-refractivity contribution is -0.138. The molecule has 0 heterocycles. The van der Waals surface area contributed by atoms with Crippen molar-refractivity contribution in [1.82, 2.24) is 10.2 Å². The van der Waals surface area contributed by atoms with E-state index in [0.29, 0.717) is 25.9 Å². The largest absolute Gasteiger partial charge is 0.481 e. The summed E-state index contributed by atoms with van der Waals surface area (Å²) in [4.78, 5) is 37.5. The van der Waals surface area contributed by atoms with Crippen molar-refractivity contribution in [1.29, 1.82) is 0 Å². The van der Waals surface area contributed by atoms with Crippen LogP contribution in [-0.4, -0.2) is 53.2 Å². The molecule has 3 rings (SSSR count). The predicted octanol–water partition coefficient (Wildman–Crippen LogP) is 4.80. The first kappa shape index (κ1) is 25.3. The van der Waals surface area contributed by atoms with Gasteiger partial charge in [-0.2, -0.15) is 0 Å². The van der Waals surface area contributed by atoms with E-state index in [1.165, 1.54) is 11.1 Å². The van der Waals surface area contributed by atoms with Gasteiger partial charge in [0.15, 0.2) is 0 Å². The van der Waals surface area contributed by atoms with Gasteiger partial charge in [0.2, 0.25) is 5.91 Å². The van der Waals surface area contributed by atoms with E-state index in [4.69, 9.17) is 9.84 Å². The molecule has 2 aromatic rings. The number of alkyl carbamates (subject to hydrolysis) is 1. The van der Waals surface area contributed by atoms with Gasteiger partial charge in [0.25, 0.3) is 0 Å². The maximum atomic E-state index is 12.6. The SMILES string of the molecule is CCN(CCCC(=O)O)C(=O)CCC(C)(C)NC(=O)OCC1c2ccccc2-c2ccccc21. The number of carbonyl (C=O) groups excluding carboxylic acids is 2. The van der Waals surface area contributed by atoms with Crippen LogP contribution in [0.15, 0.2) is 48.5 Å². The lowest BCUT2D eigenvalue weighted by Crippen LogP contribution is -2.45. The minimum atomic E-state index is -0.864. The first-order valence-corrected chi connectivity index (χ1v) is 11.8. The monoisotopic (exact) mass is 466 g/mol.